The number of amides is 2. The molecule has 0 saturated carbocycles. The Morgan fingerprint density at radius 2 is 2.00 bits per heavy atom. The lowest BCUT2D eigenvalue weighted by molar-refractivity contribution is -0.874. The molecule has 0 aliphatic carbocycles. The zero-order valence-corrected chi connectivity index (χ0v) is 16.9. The number of urea groups is 1. The number of hydrogen-bond donors (Lipinski definition) is 3. The lowest BCUT2D eigenvalue weighted by Crippen LogP contribution is -2.75. The van der Waals surface area contributed by atoms with Gasteiger partial charge in [0.25, 0.3) is 0 Å². The summed E-state index contributed by atoms with van der Waals surface area (Å²) in [5, 5.41) is 25.0. The van der Waals surface area contributed by atoms with Gasteiger partial charge < -0.3 is 20.8 Å². The molecule has 3 rings (SSSR count). The number of likely N-dealkylation sites (tertiary alicyclic amines) is 1. The van der Waals surface area contributed by atoms with Crippen LogP contribution in [0.25, 0.3) is 0 Å². The molecule has 2 amide bonds. The van der Waals surface area contributed by atoms with Crippen LogP contribution in [0.3, 0.4) is 0 Å². The molecule has 2 aromatic rings. The number of nitrogen functional groups attached to an aromatic ring is 1. The molecular formula is C20H21F3N4O5. The van der Waals surface area contributed by atoms with E-state index in [2.05, 4.69) is 15.0 Å². The van der Waals surface area contributed by atoms with Crippen LogP contribution in [0.2, 0.25) is 0 Å². The molecule has 1 saturated heterocycles. The topological polar surface area (TPSA) is 138 Å². The number of anilines is 1. The number of nitrogens with zero attached hydrogens (tertiary/aromatic N) is 2. The molecule has 1 aromatic heterocycles. The van der Waals surface area contributed by atoms with Crippen molar-refractivity contribution in [3.05, 3.63) is 58.9 Å². The van der Waals surface area contributed by atoms with Crippen molar-refractivity contribution in [2.75, 3.05) is 12.3 Å². The standard InChI is InChI=1S/C20H21F3N4O5/c1-11(13-2-4-15(5-3-13)32-20(21,22)23)26-19(30)27(31)10-14(17(27)18(28)29)8-12-6-7-25-16(24)9-12/h2-7,9,11,14,17H,8,10H2,1H3,(H2,24,25)(H,26,30)(H,28,29)/t11-,14+,17+,27?/m1/s1. The molecule has 1 fully saturated rings. The molecule has 1 aliphatic rings. The van der Waals surface area contributed by atoms with Gasteiger partial charge in [-0.05, 0) is 48.7 Å². The third-order valence-electron chi connectivity index (χ3n) is 5.30. The molecule has 32 heavy (non-hydrogen) atoms. The number of rotatable bonds is 6. The molecule has 4 N–H and O–H groups in total. The van der Waals surface area contributed by atoms with Crippen LogP contribution in [-0.4, -0.2) is 45.7 Å². The minimum atomic E-state index is -4.83. The molecule has 1 aromatic carbocycles. The first-order chi connectivity index (χ1) is 14.9. The maximum Gasteiger partial charge on any atom is 0.573 e. The highest BCUT2D eigenvalue weighted by molar-refractivity contribution is 5.79. The third kappa shape index (κ3) is 5.08. The van der Waals surface area contributed by atoms with Crippen LogP contribution in [0.4, 0.5) is 23.8 Å². The van der Waals surface area contributed by atoms with Gasteiger partial charge in [-0.15, -0.1) is 13.2 Å². The van der Waals surface area contributed by atoms with E-state index in [0.717, 1.165) is 12.1 Å². The van der Waals surface area contributed by atoms with Crippen LogP contribution in [-0.2, 0) is 11.2 Å². The van der Waals surface area contributed by atoms with E-state index in [9.17, 15) is 33.1 Å². The van der Waals surface area contributed by atoms with Crippen LogP contribution in [0.1, 0.15) is 24.1 Å². The van der Waals surface area contributed by atoms with Gasteiger partial charge in [0.15, 0.2) is 0 Å². The van der Waals surface area contributed by atoms with Crippen LogP contribution in [0, 0.1) is 11.1 Å². The Kier molecular flexibility index (Phi) is 6.28. The predicted molar refractivity (Wildman–Crippen MR) is 106 cm³/mol. The first-order valence-corrected chi connectivity index (χ1v) is 9.58. The van der Waals surface area contributed by atoms with E-state index in [1.54, 1.807) is 12.1 Å². The number of carboxylic acids is 1. The molecule has 12 heteroatoms. The number of carboxylic acid groups (broad SMARTS) is 1. The molecular weight excluding hydrogens is 433 g/mol. The van der Waals surface area contributed by atoms with E-state index < -0.39 is 46.8 Å². The maximum atomic E-state index is 13.0. The number of ether oxygens (including phenoxy) is 1. The van der Waals surface area contributed by atoms with Crippen molar-refractivity contribution in [1.29, 1.82) is 0 Å². The summed E-state index contributed by atoms with van der Waals surface area (Å²) in [4.78, 5) is 28.2. The van der Waals surface area contributed by atoms with Crippen molar-refractivity contribution in [2.45, 2.75) is 31.8 Å². The van der Waals surface area contributed by atoms with Crippen LogP contribution in [0.5, 0.6) is 5.75 Å². The number of hydroxylamine groups is 3. The van der Waals surface area contributed by atoms with Gasteiger partial charge >= 0.3 is 18.4 Å². The lowest BCUT2D eigenvalue weighted by atomic mass is 9.83. The smallest absolute Gasteiger partial charge is 0.573 e. The molecule has 1 unspecified atom stereocenters. The second kappa shape index (κ2) is 8.63. The third-order valence-corrected chi connectivity index (χ3v) is 5.30. The average Bonchev–Trinajstić information content (AvgIpc) is 2.65. The zero-order valence-electron chi connectivity index (χ0n) is 16.9. The Balaban J connectivity index is 1.66. The molecule has 172 valence electrons. The highest BCUT2D eigenvalue weighted by atomic mass is 19.4. The van der Waals surface area contributed by atoms with E-state index in [1.165, 1.54) is 25.3 Å². The Bertz CT molecular complexity index is 1000. The number of carbonyl (C=O) groups is 2. The van der Waals surface area contributed by atoms with Gasteiger partial charge in [0, 0.05) is 6.20 Å². The molecule has 9 nitrogen and oxygen atoms in total. The van der Waals surface area contributed by atoms with Crippen molar-refractivity contribution in [3.8, 4) is 5.75 Å². The second-order valence-corrected chi connectivity index (χ2v) is 7.60. The summed E-state index contributed by atoms with van der Waals surface area (Å²) in [6, 6.07) is 4.71. The van der Waals surface area contributed by atoms with Crippen molar-refractivity contribution in [3.63, 3.8) is 0 Å². The minimum absolute atomic E-state index is 0.240. The van der Waals surface area contributed by atoms with Gasteiger partial charge in [-0.1, -0.05) is 12.1 Å². The van der Waals surface area contributed by atoms with E-state index in [1.807, 2.05) is 0 Å². The highest BCUT2D eigenvalue weighted by Gasteiger charge is 2.58. The van der Waals surface area contributed by atoms with Crippen molar-refractivity contribution in [2.24, 2.45) is 5.92 Å². The number of hydrogen-bond acceptors (Lipinski definition) is 6. The highest BCUT2D eigenvalue weighted by Crippen LogP contribution is 2.36. The number of quaternary nitrogens is 1. The molecule has 0 bridgehead atoms. The zero-order chi connectivity index (χ0) is 23.7. The van der Waals surface area contributed by atoms with E-state index in [-0.39, 0.29) is 18.8 Å². The van der Waals surface area contributed by atoms with Gasteiger partial charge in [0.05, 0.1) is 18.5 Å². The molecule has 2 heterocycles. The largest absolute Gasteiger partial charge is 0.623 e. The fraction of sp³-hybridized carbons (Fsp3) is 0.350. The van der Waals surface area contributed by atoms with E-state index >= 15 is 0 Å². The summed E-state index contributed by atoms with van der Waals surface area (Å²) in [5.74, 6) is -2.14. The van der Waals surface area contributed by atoms with Gasteiger partial charge in [0.2, 0.25) is 6.04 Å². The van der Waals surface area contributed by atoms with Crippen molar-refractivity contribution < 1.29 is 37.3 Å². The minimum Gasteiger partial charge on any atom is -0.623 e. The quantitative estimate of drug-likeness (QED) is 0.451. The second-order valence-electron chi connectivity index (χ2n) is 7.60. The Morgan fingerprint density at radius 3 is 2.56 bits per heavy atom. The summed E-state index contributed by atoms with van der Waals surface area (Å²) < 4.78 is 39.0. The number of alkyl halides is 3. The number of pyridine rings is 1. The first-order valence-electron chi connectivity index (χ1n) is 9.58. The van der Waals surface area contributed by atoms with Crippen molar-refractivity contribution in [1.82, 2.24) is 10.3 Å². The first kappa shape index (κ1) is 23.3. The van der Waals surface area contributed by atoms with Crippen LogP contribution >= 0.6 is 0 Å². The van der Waals surface area contributed by atoms with Crippen molar-refractivity contribution >= 4 is 17.8 Å². The fourth-order valence-corrected chi connectivity index (χ4v) is 3.79. The lowest BCUT2D eigenvalue weighted by Gasteiger charge is -2.55. The van der Waals surface area contributed by atoms with Gasteiger partial charge in [-0.3, -0.25) is 9.96 Å². The molecule has 0 radical (unpaired) electrons. The number of nitrogens with two attached hydrogens (primary N) is 1. The molecule has 0 spiro atoms. The van der Waals surface area contributed by atoms with E-state index in [4.69, 9.17) is 5.73 Å². The predicted octanol–water partition coefficient (Wildman–Crippen LogP) is 2.97. The molecule has 4 atom stereocenters. The fourth-order valence-electron chi connectivity index (χ4n) is 3.79. The van der Waals surface area contributed by atoms with Crippen LogP contribution in [0.15, 0.2) is 42.6 Å². The Hall–Kier alpha value is -3.38. The SMILES string of the molecule is C[C@@H](NC(=O)[N+]1([O-])C[C@H](Cc2ccnc(N)c2)[C@H]1C(=O)O)c1ccc(OC(F)(F)F)cc1. The average molecular weight is 454 g/mol. The number of halogens is 3. The normalized spacial score (nSPS) is 23.7. The Morgan fingerprint density at radius 1 is 1.34 bits per heavy atom. The number of aliphatic carboxylic acids is 1. The van der Waals surface area contributed by atoms with E-state index in [0.29, 0.717) is 11.1 Å². The van der Waals surface area contributed by atoms with Gasteiger partial charge in [-0.25, -0.2) is 14.6 Å². The maximum absolute atomic E-state index is 13.0. The number of aromatic nitrogens is 1. The van der Waals surface area contributed by atoms with Gasteiger partial charge in [-0.2, -0.15) is 0 Å². The monoisotopic (exact) mass is 454 g/mol. The van der Waals surface area contributed by atoms with Gasteiger partial charge in [0.1, 0.15) is 11.6 Å². The van der Waals surface area contributed by atoms with Crippen LogP contribution < -0.4 is 15.8 Å². The summed E-state index contributed by atoms with van der Waals surface area (Å²) in [6.07, 6.45) is -3.12. The number of carbonyl (C=O) groups excluding carboxylic acids is 1. The number of nitrogens with one attached hydrogen (secondary N) is 1. The summed E-state index contributed by atoms with van der Waals surface area (Å²) >= 11 is 0. The Labute approximate surface area is 180 Å². The summed E-state index contributed by atoms with van der Waals surface area (Å²) in [6.45, 7) is 1.28. The summed E-state index contributed by atoms with van der Waals surface area (Å²) in [5.41, 5.74) is 6.73. The molecule has 1 aliphatic heterocycles. The summed E-state index contributed by atoms with van der Waals surface area (Å²) in [7, 11) is 0. The number of benzene rings is 1.